The van der Waals surface area contributed by atoms with Gasteiger partial charge >= 0.3 is 11.9 Å². The van der Waals surface area contributed by atoms with E-state index >= 15 is 0 Å². The highest BCUT2D eigenvalue weighted by Gasteiger charge is 2.48. The fourth-order valence-corrected chi connectivity index (χ4v) is 4.79. The molecule has 36 heavy (non-hydrogen) atoms. The Balaban J connectivity index is 1.86. The normalized spacial score (nSPS) is 16.7. The average Bonchev–Trinajstić information content (AvgIpc) is 3.40. The van der Waals surface area contributed by atoms with E-state index in [-0.39, 0.29) is 27.9 Å². The van der Waals surface area contributed by atoms with Gasteiger partial charge in [-0.05, 0) is 43.7 Å². The van der Waals surface area contributed by atoms with Crippen molar-refractivity contribution >= 4 is 39.9 Å². The fourth-order valence-electron chi connectivity index (χ4n) is 3.80. The Bertz CT molecular complexity index is 1350. The summed E-state index contributed by atoms with van der Waals surface area (Å²) in [6.07, 6.45) is 4.39. The molecular formula is C26H23N3O6S. The molecular weight excluding hydrogens is 482 g/mol. The van der Waals surface area contributed by atoms with E-state index in [1.54, 1.807) is 43.3 Å². The van der Waals surface area contributed by atoms with Gasteiger partial charge in [0, 0.05) is 18.0 Å². The van der Waals surface area contributed by atoms with Crippen molar-refractivity contribution in [2.24, 2.45) is 0 Å². The molecule has 1 aliphatic heterocycles. The Morgan fingerprint density at radius 2 is 1.89 bits per heavy atom. The number of pyridine rings is 1. The number of aryl methyl sites for hydroxylation is 1. The van der Waals surface area contributed by atoms with Crippen LogP contribution in [0.3, 0.4) is 0 Å². The van der Waals surface area contributed by atoms with Crippen LogP contribution in [0.2, 0.25) is 0 Å². The van der Waals surface area contributed by atoms with Crippen LogP contribution >= 0.6 is 11.3 Å². The first-order valence-corrected chi connectivity index (χ1v) is 11.9. The molecule has 1 aromatic carbocycles. The molecule has 0 radical (unpaired) electrons. The predicted molar refractivity (Wildman–Crippen MR) is 134 cm³/mol. The molecule has 10 heteroatoms. The van der Waals surface area contributed by atoms with Gasteiger partial charge in [-0.1, -0.05) is 36.1 Å². The number of hydrogen-bond acceptors (Lipinski definition) is 9. The molecule has 9 nitrogen and oxygen atoms in total. The van der Waals surface area contributed by atoms with Gasteiger partial charge in [-0.2, -0.15) is 0 Å². The number of Topliss-reactive ketones (excluding diaryl/α,β-unsaturated/α-hetero) is 1. The van der Waals surface area contributed by atoms with Crippen LogP contribution in [0.4, 0.5) is 5.13 Å². The summed E-state index contributed by atoms with van der Waals surface area (Å²) < 4.78 is 10.6. The molecule has 3 heterocycles. The van der Waals surface area contributed by atoms with Gasteiger partial charge in [-0.15, -0.1) is 0 Å². The molecule has 1 saturated heterocycles. The van der Waals surface area contributed by atoms with E-state index in [1.807, 2.05) is 6.92 Å². The van der Waals surface area contributed by atoms with Crippen molar-refractivity contribution in [1.29, 1.82) is 0 Å². The molecule has 0 aliphatic carbocycles. The second-order valence-electron chi connectivity index (χ2n) is 7.71. The SMILES string of the molecule is C=CCOC(=O)c1sc(N2C(=O)C(=O)C(=C(O)c3ccncc3)C2c2ccc(OCC)cc2)nc1C. The van der Waals surface area contributed by atoms with Crippen molar-refractivity contribution in [2.75, 3.05) is 18.1 Å². The number of carbonyl (C=O) groups excluding carboxylic acids is 3. The number of esters is 1. The molecule has 2 aromatic heterocycles. The maximum atomic E-state index is 13.3. The highest BCUT2D eigenvalue weighted by Crippen LogP contribution is 2.44. The smallest absolute Gasteiger partial charge is 0.350 e. The standard InChI is InChI=1S/C26H23N3O6S/c1-4-14-35-25(33)23-15(3)28-26(36-23)29-20(16-6-8-18(9-7-16)34-5-2)19(22(31)24(29)32)21(30)17-10-12-27-13-11-17/h4,6-13,20,30H,1,5,14H2,2-3H3. The van der Waals surface area contributed by atoms with Crippen molar-refractivity contribution in [3.63, 3.8) is 0 Å². The molecule has 184 valence electrons. The number of hydrogen-bond donors (Lipinski definition) is 1. The lowest BCUT2D eigenvalue weighted by Crippen LogP contribution is -2.29. The zero-order valence-corrected chi connectivity index (χ0v) is 20.4. The minimum absolute atomic E-state index is 0.0220. The number of carbonyl (C=O) groups is 3. The highest BCUT2D eigenvalue weighted by molar-refractivity contribution is 7.17. The van der Waals surface area contributed by atoms with Crippen molar-refractivity contribution in [3.8, 4) is 5.75 Å². The zero-order valence-electron chi connectivity index (χ0n) is 19.6. The zero-order chi connectivity index (χ0) is 25.8. The van der Waals surface area contributed by atoms with Gasteiger partial charge in [0.1, 0.15) is 23.0 Å². The largest absolute Gasteiger partial charge is 0.507 e. The van der Waals surface area contributed by atoms with Gasteiger partial charge in [0.2, 0.25) is 0 Å². The van der Waals surface area contributed by atoms with Gasteiger partial charge in [0.05, 0.1) is 23.9 Å². The van der Waals surface area contributed by atoms with Crippen LogP contribution < -0.4 is 9.64 Å². The number of ketones is 1. The Kier molecular flexibility index (Phi) is 7.25. The summed E-state index contributed by atoms with van der Waals surface area (Å²) in [6, 6.07) is 8.96. The van der Waals surface area contributed by atoms with E-state index in [0.717, 1.165) is 11.3 Å². The summed E-state index contributed by atoms with van der Waals surface area (Å²) in [5.41, 5.74) is 1.14. The number of aliphatic hydroxyl groups is 1. The second kappa shape index (κ2) is 10.5. The minimum Gasteiger partial charge on any atom is -0.507 e. The van der Waals surface area contributed by atoms with E-state index < -0.39 is 23.7 Å². The van der Waals surface area contributed by atoms with Crippen molar-refractivity contribution < 1.29 is 29.0 Å². The second-order valence-corrected chi connectivity index (χ2v) is 8.68. The summed E-state index contributed by atoms with van der Waals surface area (Å²) in [5.74, 6) is -2.07. The van der Waals surface area contributed by atoms with Crippen LogP contribution in [0.1, 0.15) is 39.5 Å². The van der Waals surface area contributed by atoms with Crippen molar-refractivity contribution in [1.82, 2.24) is 9.97 Å². The Morgan fingerprint density at radius 1 is 1.19 bits per heavy atom. The van der Waals surface area contributed by atoms with E-state index in [2.05, 4.69) is 16.5 Å². The molecule has 0 bridgehead atoms. The molecule has 0 spiro atoms. The third kappa shape index (κ3) is 4.63. The van der Waals surface area contributed by atoms with Crippen molar-refractivity contribution in [3.05, 3.63) is 88.7 Å². The third-order valence-corrected chi connectivity index (χ3v) is 6.55. The molecule has 1 unspecified atom stereocenters. The fraction of sp³-hybridized carbons (Fsp3) is 0.192. The molecule has 1 atom stereocenters. The van der Waals surface area contributed by atoms with E-state index in [1.165, 1.54) is 23.4 Å². The number of ether oxygens (including phenoxy) is 2. The lowest BCUT2D eigenvalue weighted by Gasteiger charge is -2.23. The van der Waals surface area contributed by atoms with Crippen molar-refractivity contribution in [2.45, 2.75) is 19.9 Å². The van der Waals surface area contributed by atoms with E-state index in [4.69, 9.17) is 9.47 Å². The van der Waals surface area contributed by atoms with Crippen LogP contribution in [0.25, 0.3) is 5.76 Å². The number of anilines is 1. The highest BCUT2D eigenvalue weighted by atomic mass is 32.1. The number of nitrogens with zero attached hydrogens (tertiary/aromatic N) is 3. The molecule has 4 rings (SSSR count). The Labute approximate surface area is 211 Å². The topological polar surface area (TPSA) is 119 Å². The van der Waals surface area contributed by atoms with Crippen LogP contribution in [0.5, 0.6) is 5.75 Å². The number of benzene rings is 1. The van der Waals surface area contributed by atoms with Crippen LogP contribution in [0, 0.1) is 6.92 Å². The van der Waals surface area contributed by atoms with Crippen LogP contribution in [-0.4, -0.2) is 45.9 Å². The molecule has 1 fully saturated rings. The molecule has 1 amide bonds. The van der Waals surface area contributed by atoms with Gasteiger partial charge in [-0.3, -0.25) is 19.5 Å². The van der Waals surface area contributed by atoms with Gasteiger partial charge in [-0.25, -0.2) is 9.78 Å². The van der Waals surface area contributed by atoms with Gasteiger partial charge < -0.3 is 14.6 Å². The molecule has 0 saturated carbocycles. The summed E-state index contributed by atoms with van der Waals surface area (Å²) in [7, 11) is 0. The lowest BCUT2D eigenvalue weighted by molar-refractivity contribution is -0.132. The number of rotatable bonds is 8. The molecule has 1 N–H and O–H groups in total. The van der Waals surface area contributed by atoms with Crippen LogP contribution in [0.15, 0.2) is 67.0 Å². The quantitative estimate of drug-likeness (QED) is 0.159. The Morgan fingerprint density at radius 3 is 2.53 bits per heavy atom. The first-order valence-electron chi connectivity index (χ1n) is 11.1. The van der Waals surface area contributed by atoms with Gasteiger partial charge in [0.25, 0.3) is 5.78 Å². The maximum absolute atomic E-state index is 13.3. The summed E-state index contributed by atoms with van der Waals surface area (Å²) in [4.78, 5) is 48.8. The minimum atomic E-state index is -0.989. The molecule has 3 aromatic rings. The number of thiazole rings is 1. The average molecular weight is 506 g/mol. The lowest BCUT2D eigenvalue weighted by atomic mass is 9.95. The monoisotopic (exact) mass is 505 g/mol. The number of aliphatic hydroxyl groups excluding tert-OH is 1. The third-order valence-electron chi connectivity index (χ3n) is 5.41. The summed E-state index contributed by atoms with van der Waals surface area (Å²) in [6.45, 7) is 7.50. The van der Waals surface area contributed by atoms with Crippen LogP contribution in [-0.2, 0) is 14.3 Å². The first kappa shape index (κ1) is 24.8. The van der Waals surface area contributed by atoms with E-state index in [9.17, 15) is 19.5 Å². The predicted octanol–water partition coefficient (Wildman–Crippen LogP) is 4.21. The number of aromatic nitrogens is 2. The summed E-state index contributed by atoms with van der Waals surface area (Å²) in [5, 5.41) is 11.2. The first-order chi connectivity index (χ1) is 17.4. The summed E-state index contributed by atoms with van der Waals surface area (Å²) >= 11 is 0.934. The number of amides is 1. The van der Waals surface area contributed by atoms with Gasteiger partial charge in [0.15, 0.2) is 5.13 Å². The molecule has 1 aliphatic rings. The van der Waals surface area contributed by atoms with E-state index in [0.29, 0.717) is 29.2 Å². The maximum Gasteiger partial charge on any atom is 0.350 e. The Hall–Kier alpha value is -4.31.